The second kappa shape index (κ2) is 6.41. The Balaban J connectivity index is 2.25. The van der Waals surface area contributed by atoms with Gasteiger partial charge in [-0.3, -0.25) is 4.90 Å². The minimum atomic E-state index is 0.246. The van der Waals surface area contributed by atoms with Gasteiger partial charge in [0.25, 0.3) is 0 Å². The zero-order valence-electron chi connectivity index (χ0n) is 10.8. The molecule has 2 N–H and O–H groups in total. The summed E-state index contributed by atoms with van der Waals surface area (Å²) in [7, 11) is 0. The Hall–Kier alpha value is -0.770. The number of nitrogens with zero attached hydrogens (tertiary/aromatic N) is 1. The lowest BCUT2D eigenvalue weighted by molar-refractivity contribution is 0.162. The van der Waals surface area contributed by atoms with Gasteiger partial charge >= 0.3 is 0 Å². The summed E-state index contributed by atoms with van der Waals surface area (Å²) in [4.78, 5) is 2.44. The first-order chi connectivity index (χ1) is 8.74. The van der Waals surface area contributed by atoms with E-state index in [9.17, 15) is 5.11 Å². The van der Waals surface area contributed by atoms with E-state index in [2.05, 4.69) is 17.1 Å². The molecule has 0 aromatic heterocycles. The predicted molar refractivity (Wildman–Crippen MR) is 75.2 cm³/mol. The van der Waals surface area contributed by atoms with Crippen LogP contribution in [0.2, 0.25) is 5.02 Å². The van der Waals surface area contributed by atoms with Crippen molar-refractivity contribution in [2.45, 2.75) is 25.8 Å². The number of benzene rings is 1. The van der Waals surface area contributed by atoms with Gasteiger partial charge in [0.2, 0.25) is 0 Å². The fourth-order valence-corrected chi connectivity index (χ4v) is 2.78. The molecule has 0 saturated carbocycles. The molecule has 3 nitrogen and oxygen atoms in total. The van der Waals surface area contributed by atoms with E-state index in [4.69, 9.17) is 11.6 Å². The number of aromatic hydroxyl groups is 1. The van der Waals surface area contributed by atoms with Crippen LogP contribution in [0, 0.1) is 0 Å². The lowest BCUT2D eigenvalue weighted by Gasteiger charge is -2.35. The maximum absolute atomic E-state index is 10.2. The van der Waals surface area contributed by atoms with Crippen LogP contribution in [0.3, 0.4) is 0 Å². The number of piperazine rings is 1. The van der Waals surface area contributed by atoms with E-state index in [0.29, 0.717) is 5.02 Å². The van der Waals surface area contributed by atoms with E-state index >= 15 is 0 Å². The summed E-state index contributed by atoms with van der Waals surface area (Å²) in [5, 5.41) is 14.0. The van der Waals surface area contributed by atoms with Gasteiger partial charge in [0.1, 0.15) is 5.75 Å². The van der Waals surface area contributed by atoms with Crippen LogP contribution in [0.5, 0.6) is 5.75 Å². The van der Waals surface area contributed by atoms with Gasteiger partial charge in [0.05, 0.1) is 5.02 Å². The first-order valence-electron chi connectivity index (χ1n) is 6.66. The van der Waals surface area contributed by atoms with Crippen molar-refractivity contribution in [2.24, 2.45) is 0 Å². The Labute approximate surface area is 114 Å². The van der Waals surface area contributed by atoms with Crippen LogP contribution in [-0.4, -0.2) is 36.2 Å². The highest BCUT2D eigenvalue weighted by Gasteiger charge is 2.24. The fourth-order valence-electron chi connectivity index (χ4n) is 2.60. The van der Waals surface area contributed by atoms with Gasteiger partial charge in [-0.2, -0.15) is 0 Å². The van der Waals surface area contributed by atoms with Gasteiger partial charge in [-0.05, 0) is 12.5 Å². The third-order valence-corrected chi connectivity index (χ3v) is 3.84. The van der Waals surface area contributed by atoms with Crippen LogP contribution in [0.1, 0.15) is 31.4 Å². The van der Waals surface area contributed by atoms with Gasteiger partial charge in [0.15, 0.2) is 0 Å². The zero-order valence-corrected chi connectivity index (χ0v) is 11.6. The Kier molecular flexibility index (Phi) is 4.87. The van der Waals surface area contributed by atoms with Crippen molar-refractivity contribution in [2.75, 3.05) is 26.2 Å². The second-order valence-corrected chi connectivity index (χ2v) is 5.18. The fraction of sp³-hybridized carbons (Fsp3) is 0.571. The molecule has 1 saturated heterocycles. The molecular weight excluding hydrogens is 248 g/mol. The molecule has 0 aliphatic carbocycles. The van der Waals surface area contributed by atoms with Gasteiger partial charge in [-0.1, -0.05) is 37.1 Å². The normalized spacial score (nSPS) is 18.8. The van der Waals surface area contributed by atoms with Crippen LogP contribution in [-0.2, 0) is 0 Å². The van der Waals surface area contributed by atoms with E-state index in [1.165, 1.54) is 0 Å². The monoisotopic (exact) mass is 268 g/mol. The summed E-state index contributed by atoms with van der Waals surface area (Å²) in [6, 6.07) is 5.92. The van der Waals surface area contributed by atoms with Crippen molar-refractivity contribution in [3.8, 4) is 5.75 Å². The van der Waals surface area contributed by atoms with E-state index < -0.39 is 0 Å². The standard InChI is InChI=1S/C14H21ClN2O/c1-2-4-13(17-9-7-16-8-10-17)11-5-3-6-12(15)14(11)18/h3,5-6,13,16,18H,2,4,7-10H2,1H3/t13-/m1/s1. The Bertz CT molecular complexity index is 391. The SMILES string of the molecule is CCC[C@H](c1cccc(Cl)c1O)N1CCNCC1. The lowest BCUT2D eigenvalue weighted by Crippen LogP contribution is -2.45. The molecule has 100 valence electrons. The van der Waals surface area contributed by atoms with Gasteiger partial charge in [-0.25, -0.2) is 0 Å². The highest BCUT2D eigenvalue weighted by Crippen LogP contribution is 2.36. The first kappa shape index (κ1) is 13.7. The molecule has 0 radical (unpaired) electrons. The molecule has 0 amide bonds. The van der Waals surface area contributed by atoms with Crippen molar-refractivity contribution >= 4 is 11.6 Å². The lowest BCUT2D eigenvalue weighted by atomic mass is 9.99. The Morgan fingerprint density at radius 3 is 2.78 bits per heavy atom. The minimum Gasteiger partial charge on any atom is -0.506 e. The van der Waals surface area contributed by atoms with Crippen molar-refractivity contribution in [3.05, 3.63) is 28.8 Å². The topological polar surface area (TPSA) is 35.5 Å². The summed E-state index contributed by atoms with van der Waals surface area (Å²) >= 11 is 6.02. The first-order valence-corrected chi connectivity index (χ1v) is 7.04. The number of para-hydroxylation sites is 1. The van der Waals surface area contributed by atoms with Crippen molar-refractivity contribution in [1.29, 1.82) is 0 Å². The molecule has 1 atom stereocenters. The Morgan fingerprint density at radius 2 is 2.11 bits per heavy atom. The van der Waals surface area contributed by atoms with Crippen LogP contribution >= 0.6 is 11.6 Å². The van der Waals surface area contributed by atoms with Gasteiger partial charge < -0.3 is 10.4 Å². The van der Waals surface area contributed by atoms with Crippen LogP contribution < -0.4 is 5.32 Å². The molecule has 0 bridgehead atoms. The van der Waals surface area contributed by atoms with Crippen molar-refractivity contribution in [1.82, 2.24) is 10.2 Å². The van der Waals surface area contributed by atoms with E-state index in [1.54, 1.807) is 6.07 Å². The number of nitrogens with one attached hydrogen (secondary N) is 1. The summed E-state index contributed by atoms with van der Waals surface area (Å²) in [6.07, 6.45) is 2.15. The average molecular weight is 269 g/mol. The van der Waals surface area contributed by atoms with Crippen LogP contribution in [0.4, 0.5) is 0 Å². The Morgan fingerprint density at radius 1 is 1.39 bits per heavy atom. The van der Waals surface area contributed by atoms with Crippen LogP contribution in [0.15, 0.2) is 18.2 Å². The molecule has 1 fully saturated rings. The highest BCUT2D eigenvalue weighted by atomic mass is 35.5. The third-order valence-electron chi connectivity index (χ3n) is 3.53. The maximum Gasteiger partial charge on any atom is 0.138 e. The quantitative estimate of drug-likeness (QED) is 0.882. The molecule has 1 aromatic rings. The molecule has 1 heterocycles. The second-order valence-electron chi connectivity index (χ2n) is 4.77. The largest absolute Gasteiger partial charge is 0.506 e. The minimum absolute atomic E-state index is 0.246. The van der Waals surface area contributed by atoms with Crippen LogP contribution in [0.25, 0.3) is 0 Å². The van der Waals surface area contributed by atoms with Gasteiger partial charge in [-0.15, -0.1) is 0 Å². The van der Waals surface area contributed by atoms with Gasteiger partial charge in [0, 0.05) is 37.8 Å². The average Bonchev–Trinajstić information content (AvgIpc) is 2.41. The summed E-state index contributed by atoms with van der Waals surface area (Å²) in [5.41, 5.74) is 0.964. The number of hydrogen-bond acceptors (Lipinski definition) is 3. The molecule has 0 spiro atoms. The zero-order chi connectivity index (χ0) is 13.0. The molecule has 18 heavy (non-hydrogen) atoms. The smallest absolute Gasteiger partial charge is 0.138 e. The number of halogens is 1. The highest BCUT2D eigenvalue weighted by molar-refractivity contribution is 6.32. The molecule has 2 rings (SSSR count). The number of phenols is 1. The molecular formula is C14H21ClN2O. The number of phenolic OH excluding ortho intramolecular Hbond substituents is 1. The van der Waals surface area contributed by atoms with Crippen molar-refractivity contribution < 1.29 is 5.11 Å². The molecule has 1 aliphatic heterocycles. The van der Waals surface area contributed by atoms with E-state index in [0.717, 1.165) is 44.6 Å². The molecule has 1 aromatic carbocycles. The summed E-state index contributed by atoms with van der Waals surface area (Å²) in [5.74, 6) is 0.246. The molecule has 0 unspecified atom stereocenters. The summed E-state index contributed by atoms with van der Waals surface area (Å²) in [6.45, 7) is 6.26. The van der Waals surface area contributed by atoms with E-state index in [-0.39, 0.29) is 11.8 Å². The molecule has 1 aliphatic rings. The molecule has 4 heteroatoms. The maximum atomic E-state index is 10.2. The van der Waals surface area contributed by atoms with E-state index in [1.807, 2.05) is 12.1 Å². The third kappa shape index (κ3) is 2.97. The number of hydrogen-bond donors (Lipinski definition) is 2. The number of rotatable bonds is 4. The van der Waals surface area contributed by atoms with Crippen molar-refractivity contribution in [3.63, 3.8) is 0 Å². The summed E-state index contributed by atoms with van der Waals surface area (Å²) < 4.78 is 0. The predicted octanol–water partition coefficient (Wildman–Crippen LogP) is 2.79.